The van der Waals surface area contributed by atoms with Gasteiger partial charge in [0.15, 0.2) is 0 Å². The summed E-state index contributed by atoms with van der Waals surface area (Å²) in [7, 11) is 0. The van der Waals surface area contributed by atoms with Gasteiger partial charge in [0, 0.05) is 6.42 Å². The number of hydrogen-bond acceptors (Lipinski definition) is 3. The average Bonchev–Trinajstić information content (AvgIpc) is 2.30. The van der Waals surface area contributed by atoms with Crippen LogP contribution in [-0.2, 0) is 9.47 Å². The predicted molar refractivity (Wildman–Crippen MR) is 67.1 cm³/mol. The molecule has 0 spiro atoms. The topological polar surface area (TPSA) is 35.5 Å². The second kappa shape index (κ2) is 7.28. The Morgan fingerprint density at radius 3 is 2.94 bits per heavy atom. The average molecular weight is 232 g/mol. The number of rotatable bonds is 4. The van der Waals surface area contributed by atoms with E-state index in [0.717, 1.165) is 12.8 Å². The van der Waals surface area contributed by atoms with Crippen molar-refractivity contribution in [2.24, 2.45) is 0 Å². The molecule has 0 saturated carbocycles. The van der Waals surface area contributed by atoms with Gasteiger partial charge in [-0.25, -0.2) is 4.79 Å². The van der Waals surface area contributed by atoms with Crippen molar-refractivity contribution in [1.82, 2.24) is 0 Å². The van der Waals surface area contributed by atoms with E-state index in [1.54, 1.807) is 30.4 Å². The number of ether oxygens (including phenoxy) is 2. The van der Waals surface area contributed by atoms with Crippen LogP contribution in [0.4, 0.5) is 4.79 Å². The summed E-state index contributed by atoms with van der Waals surface area (Å²) in [5, 5.41) is 0. The second-order valence-corrected chi connectivity index (χ2v) is 3.36. The van der Waals surface area contributed by atoms with Crippen molar-refractivity contribution >= 4 is 6.16 Å². The van der Waals surface area contributed by atoms with Crippen molar-refractivity contribution in [2.75, 3.05) is 0 Å². The van der Waals surface area contributed by atoms with Crippen LogP contribution >= 0.6 is 0 Å². The zero-order valence-electron chi connectivity index (χ0n) is 9.89. The van der Waals surface area contributed by atoms with Crippen LogP contribution in [0, 0.1) is 0 Å². The number of carbonyl (C=O) groups excluding carboxylic acids is 1. The highest BCUT2D eigenvalue weighted by atomic mass is 16.7. The minimum Gasteiger partial charge on any atom is -0.399 e. The van der Waals surface area contributed by atoms with Gasteiger partial charge >= 0.3 is 6.16 Å². The van der Waals surface area contributed by atoms with E-state index in [4.69, 9.17) is 9.47 Å². The first kappa shape index (κ1) is 13.0. The van der Waals surface area contributed by atoms with Crippen LogP contribution < -0.4 is 0 Å². The largest absolute Gasteiger partial charge is 0.519 e. The van der Waals surface area contributed by atoms with Crippen molar-refractivity contribution in [2.45, 2.75) is 19.8 Å². The van der Waals surface area contributed by atoms with Gasteiger partial charge in [-0.15, -0.1) is 0 Å². The van der Waals surface area contributed by atoms with Crippen LogP contribution in [0.5, 0.6) is 0 Å². The first-order valence-corrected chi connectivity index (χ1v) is 5.47. The quantitative estimate of drug-likeness (QED) is 0.417. The third kappa shape index (κ3) is 5.02. The van der Waals surface area contributed by atoms with Gasteiger partial charge in [-0.05, 0) is 31.6 Å². The molecular weight excluding hydrogens is 216 g/mol. The summed E-state index contributed by atoms with van der Waals surface area (Å²) in [6, 6.07) is 0. The molecule has 90 valence electrons. The zero-order chi connectivity index (χ0) is 12.5. The van der Waals surface area contributed by atoms with Gasteiger partial charge in [-0.1, -0.05) is 30.9 Å². The lowest BCUT2D eigenvalue weighted by molar-refractivity contribution is 0.102. The van der Waals surface area contributed by atoms with Crippen molar-refractivity contribution in [3.63, 3.8) is 0 Å². The molecular formula is C14H16O3. The van der Waals surface area contributed by atoms with Crippen LogP contribution in [0.3, 0.4) is 0 Å². The summed E-state index contributed by atoms with van der Waals surface area (Å²) < 4.78 is 10.1. The Balaban J connectivity index is 2.53. The maximum atomic E-state index is 11.5. The Kier molecular flexibility index (Phi) is 5.58. The van der Waals surface area contributed by atoms with E-state index in [2.05, 4.69) is 6.58 Å². The summed E-state index contributed by atoms with van der Waals surface area (Å²) in [5.41, 5.74) is 0. The SMILES string of the molecule is C=C/C=C(\C=C/C)OC(=O)OC1=CC=CCC1. The molecule has 0 heterocycles. The van der Waals surface area contributed by atoms with Crippen molar-refractivity contribution < 1.29 is 14.3 Å². The highest BCUT2D eigenvalue weighted by molar-refractivity contribution is 5.63. The van der Waals surface area contributed by atoms with E-state index in [1.165, 1.54) is 0 Å². The molecule has 1 aliphatic carbocycles. The van der Waals surface area contributed by atoms with E-state index in [0.29, 0.717) is 11.5 Å². The van der Waals surface area contributed by atoms with Crippen LogP contribution in [0.25, 0.3) is 0 Å². The van der Waals surface area contributed by atoms with E-state index in [9.17, 15) is 4.79 Å². The molecule has 1 rings (SSSR count). The second-order valence-electron chi connectivity index (χ2n) is 3.36. The monoisotopic (exact) mass is 232 g/mol. The minimum absolute atomic E-state index is 0.402. The molecule has 3 heteroatoms. The number of hydrogen-bond donors (Lipinski definition) is 0. The number of allylic oxidation sites excluding steroid dienone is 8. The minimum atomic E-state index is -0.724. The molecule has 0 aliphatic heterocycles. The molecule has 1 aliphatic rings. The lowest BCUT2D eigenvalue weighted by Crippen LogP contribution is -2.07. The Morgan fingerprint density at radius 2 is 2.35 bits per heavy atom. The summed E-state index contributed by atoms with van der Waals surface area (Å²) in [6.45, 7) is 5.38. The van der Waals surface area contributed by atoms with Gasteiger partial charge in [0.1, 0.15) is 11.5 Å². The van der Waals surface area contributed by atoms with Crippen molar-refractivity contribution in [1.29, 1.82) is 0 Å². The Bertz CT molecular complexity index is 398. The normalized spacial score (nSPS) is 15.6. The van der Waals surface area contributed by atoms with E-state index < -0.39 is 6.16 Å². The third-order valence-electron chi connectivity index (χ3n) is 2.00. The summed E-state index contributed by atoms with van der Waals surface area (Å²) in [5.74, 6) is 1.02. The molecule has 0 N–H and O–H groups in total. The molecule has 17 heavy (non-hydrogen) atoms. The maximum absolute atomic E-state index is 11.5. The molecule has 3 nitrogen and oxygen atoms in total. The fraction of sp³-hybridized carbons (Fsp3) is 0.214. The summed E-state index contributed by atoms with van der Waals surface area (Å²) in [6.07, 6.45) is 13.1. The Labute approximate surface area is 101 Å². The van der Waals surface area contributed by atoms with Gasteiger partial charge < -0.3 is 9.47 Å². The van der Waals surface area contributed by atoms with Crippen molar-refractivity contribution in [3.8, 4) is 0 Å². The van der Waals surface area contributed by atoms with Gasteiger partial charge in [0.2, 0.25) is 0 Å². The first-order valence-electron chi connectivity index (χ1n) is 5.47. The van der Waals surface area contributed by atoms with E-state index >= 15 is 0 Å². The molecule has 0 unspecified atom stereocenters. The van der Waals surface area contributed by atoms with E-state index in [-0.39, 0.29) is 0 Å². The first-order chi connectivity index (χ1) is 8.26. The van der Waals surface area contributed by atoms with Gasteiger partial charge in [0.05, 0.1) is 0 Å². The van der Waals surface area contributed by atoms with Gasteiger partial charge in [-0.2, -0.15) is 0 Å². The van der Waals surface area contributed by atoms with Crippen LogP contribution in [0.2, 0.25) is 0 Å². The molecule has 0 aromatic heterocycles. The maximum Gasteiger partial charge on any atom is 0.519 e. The third-order valence-corrected chi connectivity index (χ3v) is 2.00. The fourth-order valence-electron chi connectivity index (χ4n) is 1.29. The molecule has 0 saturated heterocycles. The lowest BCUT2D eigenvalue weighted by Gasteiger charge is -2.09. The van der Waals surface area contributed by atoms with Gasteiger partial charge in [-0.3, -0.25) is 0 Å². The lowest BCUT2D eigenvalue weighted by atomic mass is 10.2. The van der Waals surface area contributed by atoms with Crippen LogP contribution in [-0.4, -0.2) is 6.16 Å². The highest BCUT2D eigenvalue weighted by Crippen LogP contribution is 2.14. The fourth-order valence-corrected chi connectivity index (χ4v) is 1.29. The summed E-state index contributed by atoms with van der Waals surface area (Å²) in [4.78, 5) is 11.5. The molecule has 0 atom stereocenters. The van der Waals surface area contributed by atoms with Crippen LogP contribution in [0.15, 0.2) is 60.6 Å². The van der Waals surface area contributed by atoms with Gasteiger partial charge in [0.25, 0.3) is 0 Å². The smallest absolute Gasteiger partial charge is 0.399 e. The number of carbonyl (C=O) groups is 1. The molecule has 0 aromatic carbocycles. The Morgan fingerprint density at radius 1 is 1.53 bits per heavy atom. The molecule has 0 aromatic rings. The van der Waals surface area contributed by atoms with E-state index in [1.807, 2.05) is 19.1 Å². The standard InChI is InChI=1S/C14H16O3/c1-3-8-12(9-4-2)16-14(15)17-13-10-6-5-7-11-13/h3-6,8-10H,1,7,11H2,2H3/b9-4-,12-8+. The molecule has 0 radical (unpaired) electrons. The zero-order valence-corrected chi connectivity index (χ0v) is 9.89. The predicted octanol–water partition coefficient (Wildman–Crippen LogP) is 4.02. The van der Waals surface area contributed by atoms with Crippen molar-refractivity contribution in [3.05, 3.63) is 60.6 Å². The summed E-state index contributed by atoms with van der Waals surface area (Å²) >= 11 is 0. The molecule has 0 bridgehead atoms. The Hall–Kier alpha value is -2.03. The van der Waals surface area contributed by atoms with Crippen LogP contribution in [0.1, 0.15) is 19.8 Å². The molecule has 0 amide bonds. The molecule has 0 fully saturated rings. The highest BCUT2D eigenvalue weighted by Gasteiger charge is 2.10.